The van der Waals surface area contributed by atoms with Crippen molar-refractivity contribution in [1.82, 2.24) is 9.66 Å². The molecule has 0 aliphatic carbocycles. The molecular formula is C8H8ClN3. The van der Waals surface area contributed by atoms with Gasteiger partial charge < -0.3 is 5.43 Å². The molecule has 1 N–H and O–H groups in total. The SMILES string of the molecule is CNn1cnc2ccc(Cl)cc21. The molecule has 0 atom stereocenters. The highest BCUT2D eigenvalue weighted by Gasteiger charge is 2.00. The molecule has 2 rings (SSSR count). The van der Waals surface area contributed by atoms with Crippen LogP contribution in [0.4, 0.5) is 0 Å². The lowest BCUT2D eigenvalue weighted by Crippen LogP contribution is -2.05. The van der Waals surface area contributed by atoms with Crippen LogP contribution in [-0.2, 0) is 0 Å². The Morgan fingerprint density at radius 3 is 3.08 bits per heavy atom. The molecule has 0 amide bonds. The van der Waals surface area contributed by atoms with Crippen LogP contribution in [0, 0.1) is 0 Å². The second-order valence-corrected chi connectivity index (χ2v) is 2.91. The summed E-state index contributed by atoms with van der Waals surface area (Å²) in [6, 6.07) is 5.60. The number of rotatable bonds is 1. The molecule has 0 unspecified atom stereocenters. The molecule has 0 aliphatic rings. The standard InChI is InChI=1S/C8H8ClN3/c1-10-12-5-11-7-3-2-6(9)4-8(7)12/h2-5,10H,1H3. The van der Waals surface area contributed by atoms with Gasteiger partial charge in [-0.3, -0.25) is 0 Å². The van der Waals surface area contributed by atoms with E-state index in [4.69, 9.17) is 11.6 Å². The molecule has 0 aliphatic heterocycles. The predicted octanol–water partition coefficient (Wildman–Crippen LogP) is 1.86. The fourth-order valence-electron chi connectivity index (χ4n) is 1.16. The van der Waals surface area contributed by atoms with Gasteiger partial charge in [0.1, 0.15) is 6.33 Å². The van der Waals surface area contributed by atoms with Crippen LogP contribution < -0.4 is 5.43 Å². The van der Waals surface area contributed by atoms with E-state index in [-0.39, 0.29) is 0 Å². The number of benzene rings is 1. The van der Waals surface area contributed by atoms with Crippen molar-refractivity contribution in [1.29, 1.82) is 0 Å². The van der Waals surface area contributed by atoms with Gasteiger partial charge in [0, 0.05) is 12.1 Å². The number of nitrogens with one attached hydrogen (secondary N) is 1. The highest BCUT2D eigenvalue weighted by atomic mass is 35.5. The number of hydrogen-bond donors (Lipinski definition) is 1. The van der Waals surface area contributed by atoms with Crippen LogP contribution in [0.2, 0.25) is 5.02 Å². The molecule has 0 radical (unpaired) electrons. The summed E-state index contributed by atoms with van der Waals surface area (Å²) in [6.45, 7) is 0. The van der Waals surface area contributed by atoms with E-state index in [0.717, 1.165) is 16.1 Å². The number of hydrogen-bond acceptors (Lipinski definition) is 2. The van der Waals surface area contributed by atoms with Crippen molar-refractivity contribution in [3.8, 4) is 0 Å². The molecule has 3 nitrogen and oxygen atoms in total. The van der Waals surface area contributed by atoms with E-state index in [9.17, 15) is 0 Å². The highest BCUT2D eigenvalue weighted by molar-refractivity contribution is 6.31. The number of nitrogens with zero attached hydrogens (tertiary/aromatic N) is 2. The van der Waals surface area contributed by atoms with Gasteiger partial charge in [0.2, 0.25) is 0 Å². The average Bonchev–Trinajstić information content (AvgIpc) is 2.46. The quantitative estimate of drug-likeness (QED) is 0.728. The van der Waals surface area contributed by atoms with Crippen molar-refractivity contribution >= 4 is 22.6 Å². The van der Waals surface area contributed by atoms with Gasteiger partial charge in [0.25, 0.3) is 0 Å². The van der Waals surface area contributed by atoms with Crippen molar-refractivity contribution in [3.63, 3.8) is 0 Å². The van der Waals surface area contributed by atoms with Gasteiger partial charge in [0.05, 0.1) is 11.0 Å². The number of aromatic nitrogens is 2. The van der Waals surface area contributed by atoms with Crippen LogP contribution in [0.3, 0.4) is 0 Å². The Morgan fingerprint density at radius 1 is 1.50 bits per heavy atom. The van der Waals surface area contributed by atoms with E-state index in [1.165, 1.54) is 0 Å². The molecule has 1 heterocycles. The second-order valence-electron chi connectivity index (χ2n) is 2.47. The maximum absolute atomic E-state index is 5.84. The molecule has 12 heavy (non-hydrogen) atoms. The van der Waals surface area contributed by atoms with E-state index >= 15 is 0 Å². The van der Waals surface area contributed by atoms with Crippen molar-refractivity contribution in [2.24, 2.45) is 0 Å². The Kier molecular flexibility index (Phi) is 1.66. The summed E-state index contributed by atoms with van der Waals surface area (Å²) in [7, 11) is 1.84. The fraction of sp³-hybridized carbons (Fsp3) is 0.125. The molecule has 4 heteroatoms. The zero-order valence-corrected chi connectivity index (χ0v) is 7.34. The first kappa shape index (κ1) is 7.43. The van der Waals surface area contributed by atoms with Crippen LogP contribution in [0.25, 0.3) is 11.0 Å². The van der Waals surface area contributed by atoms with Gasteiger partial charge in [-0.25, -0.2) is 9.66 Å². The van der Waals surface area contributed by atoms with Gasteiger partial charge in [-0.15, -0.1) is 0 Å². The van der Waals surface area contributed by atoms with Crippen LogP contribution in [-0.4, -0.2) is 16.7 Å². The number of halogens is 1. The lowest BCUT2D eigenvalue weighted by Gasteiger charge is -2.00. The van der Waals surface area contributed by atoms with Gasteiger partial charge in [0.15, 0.2) is 0 Å². The molecule has 2 aromatic rings. The van der Waals surface area contributed by atoms with Crippen molar-refractivity contribution < 1.29 is 0 Å². The third-order valence-corrected chi connectivity index (χ3v) is 1.99. The van der Waals surface area contributed by atoms with Crippen molar-refractivity contribution in [2.45, 2.75) is 0 Å². The molecule has 0 spiro atoms. The first-order valence-corrected chi connectivity index (χ1v) is 3.99. The number of imidazole rings is 1. The van der Waals surface area contributed by atoms with E-state index in [0.29, 0.717) is 0 Å². The van der Waals surface area contributed by atoms with Crippen molar-refractivity contribution in [2.75, 3.05) is 12.5 Å². The minimum absolute atomic E-state index is 0.722. The average molecular weight is 182 g/mol. The second kappa shape index (κ2) is 2.68. The summed E-state index contributed by atoms with van der Waals surface area (Å²) in [5.41, 5.74) is 4.90. The Balaban J connectivity index is 2.75. The fourth-order valence-corrected chi connectivity index (χ4v) is 1.33. The number of fused-ring (bicyclic) bond motifs is 1. The largest absolute Gasteiger partial charge is 0.327 e. The van der Waals surface area contributed by atoms with Gasteiger partial charge >= 0.3 is 0 Å². The monoisotopic (exact) mass is 181 g/mol. The normalized spacial score (nSPS) is 10.5. The molecule has 62 valence electrons. The van der Waals surface area contributed by atoms with E-state index in [1.54, 1.807) is 6.33 Å². The Hall–Kier alpha value is -1.22. The molecule has 0 saturated heterocycles. The summed E-state index contributed by atoms with van der Waals surface area (Å²) in [5.74, 6) is 0. The van der Waals surface area contributed by atoms with Crippen LogP contribution in [0.1, 0.15) is 0 Å². The van der Waals surface area contributed by atoms with Crippen LogP contribution >= 0.6 is 11.6 Å². The van der Waals surface area contributed by atoms with Gasteiger partial charge in [-0.1, -0.05) is 11.6 Å². The maximum atomic E-state index is 5.84. The van der Waals surface area contributed by atoms with E-state index in [2.05, 4.69) is 10.4 Å². The van der Waals surface area contributed by atoms with Gasteiger partial charge in [-0.05, 0) is 18.2 Å². The Labute approximate surface area is 74.9 Å². The lowest BCUT2D eigenvalue weighted by atomic mass is 10.3. The summed E-state index contributed by atoms with van der Waals surface area (Å²) in [6.07, 6.45) is 1.72. The molecule has 0 fully saturated rings. The van der Waals surface area contributed by atoms with E-state index in [1.807, 2.05) is 29.9 Å². The molecule has 1 aromatic carbocycles. The molecule has 1 aromatic heterocycles. The highest BCUT2D eigenvalue weighted by Crippen LogP contribution is 2.16. The van der Waals surface area contributed by atoms with Gasteiger partial charge in [-0.2, -0.15) is 0 Å². The minimum atomic E-state index is 0.722. The molecular weight excluding hydrogens is 174 g/mol. The lowest BCUT2D eigenvalue weighted by molar-refractivity contribution is 0.956. The maximum Gasteiger partial charge on any atom is 0.115 e. The third-order valence-electron chi connectivity index (χ3n) is 1.75. The Morgan fingerprint density at radius 2 is 2.33 bits per heavy atom. The first-order chi connectivity index (χ1) is 5.81. The molecule has 0 bridgehead atoms. The first-order valence-electron chi connectivity index (χ1n) is 3.61. The minimum Gasteiger partial charge on any atom is -0.327 e. The predicted molar refractivity (Wildman–Crippen MR) is 50.0 cm³/mol. The summed E-state index contributed by atoms with van der Waals surface area (Å²) in [4.78, 5) is 4.17. The summed E-state index contributed by atoms with van der Waals surface area (Å²) < 4.78 is 1.82. The zero-order chi connectivity index (χ0) is 8.55. The van der Waals surface area contributed by atoms with Crippen LogP contribution in [0.15, 0.2) is 24.5 Å². The van der Waals surface area contributed by atoms with E-state index < -0.39 is 0 Å². The summed E-state index contributed by atoms with van der Waals surface area (Å²) in [5, 5.41) is 0.722. The smallest absolute Gasteiger partial charge is 0.115 e. The van der Waals surface area contributed by atoms with Crippen molar-refractivity contribution in [3.05, 3.63) is 29.5 Å². The topological polar surface area (TPSA) is 29.9 Å². The van der Waals surface area contributed by atoms with Crippen LogP contribution in [0.5, 0.6) is 0 Å². The zero-order valence-electron chi connectivity index (χ0n) is 6.58. The Bertz CT molecular complexity index is 408. The third kappa shape index (κ3) is 1.02. The molecule has 0 saturated carbocycles. The summed E-state index contributed by atoms with van der Waals surface area (Å²) >= 11 is 5.84.